The molecule has 0 bridgehead atoms. The minimum atomic E-state index is -0.519. The van der Waals surface area contributed by atoms with Crippen molar-refractivity contribution in [3.05, 3.63) is 76.6 Å². The molecule has 2 aromatic heterocycles. The lowest BCUT2D eigenvalue weighted by molar-refractivity contribution is 0.0769. The molecule has 3 aromatic rings. The predicted octanol–water partition coefficient (Wildman–Crippen LogP) is 2.41. The maximum atomic E-state index is 14.1. The summed E-state index contributed by atoms with van der Waals surface area (Å²) in [5, 5.41) is 3.26. The normalized spacial score (nSPS) is 21.6. The molecule has 1 aliphatic heterocycles. The third kappa shape index (κ3) is 3.58. The molecule has 0 radical (unpaired) electrons. The first-order valence-electron chi connectivity index (χ1n) is 10.3. The second kappa shape index (κ2) is 7.61. The molecule has 1 aromatic carbocycles. The predicted molar refractivity (Wildman–Crippen MR) is 114 cm³/mol. The molecule has 158 valence electrons. The fourth-order valence-corrected chi connectivity index (χ4v) is 4.51. The number of nitrogens with zero attached hydrogens (tertiary/aromatic N) is 4. The van der Waals surface area contributed by atoms with Gasteiger partial charge in [-0.05, 0) is 36.0 Å². The molecule has 3 heterocycles. The molecule has 2 atom stereocenters. The second-order valence-electron chi connectivity index (χ2n) is 8.17. The highest BCUT2D eigenvalue weighted by molar-refractivity contribution is 5.94. The summed E-state index contributed by atoms with van der Waals surface area (Å²) < 4.78 is 15.5. The van der Waals surface area contributed by atoms with Crippen LogP contribution >= 0.6 is 0 Å². The van der Waals surface area contributed by atoms with E-state index in [1.165, 1.54) is 22.9 Å². The number of piperidine rings is 1. The Balaban J connectivity index is 1.24. The Morgan fingerprint density at radius 2 is 1.94 bits per heavy atom. The van der Waals surface area contributed by atoms with Crippen molar-refractivity contribution in [1.29, 1.82) is 0 Å². The van der Waals surface area contributed by atoms with E-state index in [-0.39, 0.29) is 22.7 Å². The zero-order valence-corrected chi connectivity index (χ0v) is 17.0. The van der Waals surface area contributed by atoms with Gasteiger partial charge in [-0.25, -0.2) is 9.37 Å². The number of halogens is 1. The molecule has 1 aliphatic carbocycles. The van der Waals surface area contributed by atoms with Crippen LogP contribution in [0.4, 0.5) is 10.3 Å². The van der Waals surface area contributed by atoms with Gasteiger partial charge in [0, 0.05) is 50.1 Å². The maximum Gasteiger partial charge on any atom is 0.255 e. The molecule has 2 fully saturated rings. The van der Waals surface area contributed by atoms with Crippen LogP contribution in [0.2, 0.25) is 0 Å². The van der Waals surface area contributed by atoms with Crippen LogP contribution < -0.4 is 10.9 Å². The summed E-state index contributed by atoms with van der Waals surface area (Å²) in [4.78, 5) is 35.1. The molecule has 2 unspecified atom stereocenters. The number of anilines is 1. The van der Waals surface area contributed by atoms with E-state index in [0.29, 0.717) is 30.2 Å². The van der Waals surface area contributed by atoms with Gasteiger partial charge < -0.3 is 10.2 Å². The number of rotatable bonds is 5. The van der Waals surface area contributed by atoms with E-state index in [4.69, 9.17) is 0 Å². The van der Waals surface area contributed by atoms with Gasteiger partial charge in [0.15, 0.2) is 5.82 Å². The van der Waals surface area contributed by atoms with Gasteiger partial charge in [-0.1, -0.05) is 18.2 Å². The zero-order valence-electron chi connectivity index (χ0n) is 17.0. The van der Waals surface area contributed by atoms with Crippen molar-refractivity contribution in [2.75, 3.05) is 25.0 Å². The summed E-state index contributed by atoms with van der Waals surface area (Å²) in [7, 11) is 1.64. The second-order valence-corrected chi connectivity index (χ2v) is 8.17. The van der Waals surface area contributed by atoms with Gasteiger partial charge in [-0.15, -0.1) is 0 Å². The zero-order chi connectivity index (χ0) is 21.5. The SMILES string of the molecule is Cn1c(NCC2C3CN(C(=O)c4ccccc4)CC23)nc(-c2ccncc2F)cc1=O. The lowest BCUT2D eigenvalue weighted by Gasteiger charge is -2.20. The number of aromatic nitrogens is 3. The lowest BCUT2D eigenvalue weighted by atomic mass is 10.2. The van der Waals surface area contributed by atoms with Crippen LogP contribution in [-0.2, 0) is 7.05 Å². The number of fused-ring (bicyclic) bond motifs is 1. The molecule has 7 nitrogen and oxygen atoms in total. The van der Waals surface area contributed by atoms with Crippen molar-refractivity contribution in [2.24, 2.45) is 24.8 Å². The third-order valence-corrected chi connectivity index (χ3v) is 6.36. The van der Waals surface area contributed by atoms with Gasteiger partial charge >= 0.3 is 0 Å². The average molecular weight is 419 g/mol. The van der Waals surface area contributed by atoms with E-state index in [1.54, 1.807) is 7.05 Å². The number of nitrogens with one attached hydrogen (secondary N) is 1. The van der Waals surface area contributed by atoms with Crippen LogP contribution in [0.1, 0.15) is 10.4 Å². The minimum absolute atomic E-state index is 0.0793. The number of amides is 1. The number of pyridine rings is 1. The Morgan fingerprint density at radius 3 is 2.65 bits per heavy atom. The highest BCUT2D eigenvalue weighted by atomic mass is 19.1. The number of hydrogen-bond donors (Lipinski definition) is 1. The average Bonchev–Trinajstić information content (AvgIpc) is 3.23. The van der Waals surface area contributed by atoms with Gasteiger partial charge in [0.2, 0.25) is 5.95 Å². The van der Waals surface area contributed by atoms with E-state index >= 15 is 0 Å². The van der Waals surface area contributed by atoms with Crippen molar-refractivity contribution in [3.63, 3.8) is 0 Å². The first-order valence-corrected chi connectivity index (χ1v) is 10.3. The van der Waals surface area contributed by atoms with Crippen LogP contribution in [0.25, 0.3) is 11.3 Å². The van der Waals surface area contributed by atoms with Gasteiger partial charge in [-0.2, -0.15) is 0 Å². The number of benzene rings is 1. The summed E-state index contributed by atoms with van der Waals surface area (Å²) in [6.45, 7) is 2.16. The van der Waals surface area contributed by atoms with Crippen molar-refractivity contribution >= 4 is 11.9 Å². The van der Waals surface area contributed by atoms with E-state index in [0.717, 1.165) is 24.8 Å². The van der Waals surface area contributed by atoms with Gasteiger partial charge in [-0.3, -0.25) is 19.1 Å². The quantitative estimate of drug-likeness (QED) is 0.687. The summed E-state index contributed by atoms with van der Waals surface area (Å²) in [6, 6.07) is 12.2. The van der Waals surface area contributed by atoms with Crippen LogP contribution in [-0.4, -0.2) is 45.0 Å². The number of carbonyl (C=O) groups is 1. The summed E-state index contributed by atoms with van der Waals surface area (Å²) >= 11 is 0. The Labute approximate surface area is 178 Å². The first-order chi connectivity index (χ1) is 15.0. The maximum absolute atomic E-state index is 14.1. The molecule has 31 heavy (non-hydrogen) atoms. The molecule has 8 heteroatoms. The number of likely N-dealkylation sites (tertiary alicyclic amines) is 1. The van der Waals surface area contributed by atoms with E-state index in [1.807, 2.05) is 35.2 Å². The molecule has 2 aliphatic rings. The minimum Gasteiger partial charge on any atom is -0.355 e. The Kier molecular flexibility index (Phi) is 4.77. The lowest BCUT2D eigenvalue weighted by Crippen LogP contribution is -2.32. The van der Waals surface area contributed by atoms with Gasteiger partial charge in [0.25, 0.3) is 11.5 Å². The third-order valence-electron chi connectivity index (χ3n) is 6.36. The van der Waals surface area contributed by atoms with E-state index in [2.05, 4.69) is 15.3 Å². The Morgan fingerprint density at radius 1 is 1.19 bits per heavy atom. The monoisotopic (exact) mass is 419 g/mol. The van der Waals surface area contributed by atoms with Crippen LogP contribution in [0.15, 0.2) is 59.7 Å². The summed E-state index contributed by atoms with van der Waals surface area (Å²) in [6.07, 6.45) is 2.58. The Hall–Kier alpha value is -3.55. The van der Waals surface area contributed by atoms with E-state index < -0.39 is 5.82 Å². The molecule has 1 saturated heterocycles. The highest BCUT2D eigenvalue weighted by Gasteiger charge is 2.56. The van der Waals surface area contributed by atoms with Crippen LogP contribution in [0, 0.1) is 23.6 Å². The Bertz CT molecular complexity index is 1180. The molecule has 0 spiro atoms. The van der Waals surface area contributed by atoms with Crippen molar-refractivity contribution in [3.8, 4) is 11.3 Å². The number of hydrogen-bond acceptors (Lipinski definition) is 5. The smallest absolute Gasteiger partial charge is 0.255 e. The molecule has 1 N–H and O–H groups in total. The molecule has 5 rings (SSSR count). The molecular formula is C23H22FN5O2. The fraction of sp³-hybridized carbons (Fsp3) is 0.304. The molecule has 1 amide bonds. The molecular weight excluding hydrogens is 397 g/mol. The standard InChI is InChI=1S/C23H22FN5O2/c1-28-21(30)9-20(15-7-8-25-11-19(15)24)27-23(28)26-10-16-17-12-29(13-18(16)17)22(31)14-5-3-2-4-6-14/h2-9,11,16-18H,10,12-13H2,1H3,(H,26,27). The first kappa shape index (κ1) is 19.4. The van der Waals surface area contributed by atoms with Crippen LogP contribution in [0.3, 0.4) is 0 Å². The van der Waals surface area contributed by atoms with Crippen LogP contribution in [0.5, 0.6) is 0 Å². The highest BCUT2D eigenvalue weighted by Crippen LogP contribution is 2.51. The van der Waals surface area contributed by atoms with Crippen molar-refractivity contribution in [2.45, 2.75) is 0 Å². The largest absolute Gasteiger partial charge is 0.355 e. The molecule has 1 saturated carbocycles. The van der Waals surface area contributed by atoms with Crippen molar-refractivity contribution in [1.82, 2.24) is 19.4 Å². The summed E-state index contributed by atoms with van der Waals surface area (Å²) in [5.74, 6) is 1.31. The number of carbonyl (C=O) groups excluding carboxylic acids is 1. The van der Waals surface area contributed by atoms with Crippen molar-refractivity contribution < 1.29 is 9.18 Å². The van der Waals surface area contributed by atoms with E-state index in [9.17, 15) is 14.0 Å². The topological polar surface area (TPSA) is 80.1 Å². The van der Waals surface area contributed by atoms with Gasteiger partial charge in [0.1, 0.15) is 0 Å². The summed E-state index contributed by atoms with van der Waals surface area (Å²) in [5.41, 5.74) is 0.979. The van der Waals surface area contributed by atoms with Gasteiger partial charge in [0.05, 0.1) is 11.9 Å². The fourth-order valence-electron chi connectivity index (χ4n) is 4.51.